The van der Waals surface area contributed by atoms with E-state index in [4.69, 9.17) is 15.2 Å². The number of methoxy groups -OCH3 is 2. The summed E-state index contributed by atoms with van der Waals surface area (Å²) in [6, 6.07) is 6.58. The van der Waals surface area contributed by atoms with Gasteiger partial charge in [-0.05, 0) is 24.1 Å². The van der Waals surface area contributed by atoms with Crippen LogP contribution in [0.5, 0.6) is 17.2 Å². The predicted octanol–water partition coefficient (Wildman–Crippen LogP) is 1.86. The second-order valence-corrected chi connectivity index (χ2v) is 8.69. The van der Waals surface area contributed by atoms with Crippen LogP contribution in [-0.4, -0.2) is 48.4 Å². The lowest BCUT2D eigenvalue weighted by Gasteiger charge is -2.10. The minimum Gasteiger partial charge on any atom is -0.506 e. The summed E-state index contributed by atoms with van der Waals surface area (Å²) in [7, 11) is 3.12. The van der Waals surface area contributed by atoms with E-state index in [0.717, 1.165) is 34.7 Å². The van der Waals surface area contributed by atoms with E-state index in [1.165, 1.54) is 0 Å². The monoisotopic (exact) mass is 463 g/mol. The number of pyridine rings is 1. The highest BCUT2D eigenvalue weighted by Gasteiger charge is 2.21. The van der Waals surface area contributed by atoms with E-state index in [2.05, 4.69) is 10.3 Å². The third-order valence-corrected chi connectivity index (χ3v) is 6.87. The number of nitrogens with two attached hydrogens (primary N) is 1. The number of carbonyl (C=O) groups is 2. The van der Waals surface area contributed by atoms with Crippen molar-refractivity contribution in [3.63, 3.8) is 0 Å². The van der Waals surface area contributed by atoms with Gasteiger partial charge in [-0.15, -0.1) is 23.1 Å². The molecule has 2 aromatic heterocycles. The van der Waals surface area contributed by atoms with Gasteiger partial charge in [-0.3, -0.25) is 14.4 Å². The molecule has 2 heterocycles. The van der Waals surface area contributed by atoms with E-state index in [0.29, 0.717) is 33.4 Å². The first-order valence-corrected chi connectivity index (χ1v) is 10.9. The molecule has 164 valence electrons. The number of fused-ring (bicyclic) bond motifs is 1. The standard InChI is InChI=1S/C20H21N3O6S2/c1-28-12-4-3-10(7-13(12)29-2)5-6-22-15(26)9-30-20-16(19(21)27)17-18(31-20)11(24)8-14(25)23-17/h3-4,7-8H,5-6,9H2,1-2H3,(H2,21,27)(H,22,26)(H2,23,24,25). The number of ether oxygens (including phenoxy) is 2. The molecule has 0 saturated heterocycles. The van der Waals surface area contributed by atoms with Crippen LogP contribution in [0.2, 0.25) is 0 Å². The zero-order valence-electron chi connectivity index (χ0n) is 16.8. The second-order valence-electron chi connectivity index (χ2n) is 6.43. The molecule has 0 bridgehead atoms. The molecular formula is C20H21N3O6S2. The van der Waals surface area contributed by atoms with Crippen LogP contribution in [0, 0.1) is 0 Å². The van der Waals surface area contributed by atoms with Gasteiger partial charge in [0.2, 0.25) is 5.91 Å². The Kier molecular flexibility index (Phi) is 7.08. The van der Waals surface area contributed by atoms with Gasteiger partial charge in [0.1, 0.15) is 5.75 Å². The van der Waals surface area contributed by atoms with Crippen molar-refractivity contribution in [3.05, 3.63) is 45.7 Å². The Morgan fingerprint density at radius 1 is 1.23 bits per heavy atom. The van der Waals surface area contributed by atoms with Gasteiger partial charge in [0.15, 0.2) is 11.5 Å². The Balaban J connectivity index is 1.62. The Morgan fingerprint density at radius 2 is 1.97 bits per heavy atom. The Morgan fingerprint density at radius 3 is 2.65 bits per heavy atom. The summed E-state index contributed by atoms with van der Waals surface area (Å²) in [4.78, 5) is 38.3. The number of primary amides is 1. The predicted molar refractivity (Wildman–Crippen MR) is 120 cm³/mol. The maximum absolute atomic E-state index is 12.3. The van der Waals surface area contributed by atoms with Gasteiger partial charge in [0.25, 0.3) is 11.5 Å². The first-order chi connectivity index (χ1) is 14.8. The second kappa shape index (κ2) is 9.75. The van der Waals surface area contributed by atoms with Crippen molar-refractivity contribution in [1.29, 1.82) is 0 Å². The quantitative estimate of drug-likeness (QED) is 0.355. The first-order valence-electron chi connectivity index (χ1n) is 9.13. The van der Waals surface area contributed by atoms with E-state index in [-0.39, 0.29) is 28.5 Å². The van der Waals surface area contributed by atoms with Crippen LogP contribution >= 0.6 is 23.1 Å². The van der Waals surface area contributed by atoms with Gasteiger partial charge < -0.3 is 30.6 Å². The smallest absolute Gasteiger partial charge is 0.252 e. The minimum atomic E-state index is -0.746. The first kappa shape index (κ1) is 22.5. The molecule has 0 radical (unpaired) electrons. The molecule has 0 aliphatic rings. The van der Waals surface area contributed by atoms with Crippen LogP contribution < -0.4 is 26.1 Å². The topological polar surface area (TPSA) is 144 Å². The molecule has 5 N–H and O–H groups in total. The molecule has 0 fully saturated rings. The molecule has 3 aromatic rings. The van der Waals surface area contributed by atoms with Gasteiger partial charge >= 0.3 is 0 Å². The number of aromatic amines is 1. The zero-order chi connectivity index (χ0) is 22.5. The number of carbonyl (C=O) groups excluding carboxylic acids is 2. The third kappa shape index (κ3) is 5.12. The number of H-pyrrole nitrogens is 1. The van der Waals surface area contributed by atoms with Crippen LogP contribution in [-0.2, 0) is 11.2 Å². The van der Waals surface area contributed by atoms with Crippen molar-refractivity contribution in [3.8, 4) is 17.2 Å². The molecule has 31 heavy (non-hydrogen) atoms. The molecule has 1 aromatic carbocycles. The van der Waals surface area contributed by atoms with E-state index in [1.807, 2.05) is 12.1 Å². The Bertz CT molecular complexity index is 1190. The van der Waals surface area contributed by atoms with Crippen LogP contribution in [0.4, 0.5) is 0 Å². The number of aromatic nitrogens is 1. The van der Waals surface area contributed by atoms with Gasteiger partial charge in [-0.25, -0.2) is 0 Å². The Hall–Kier alpha value is -3.18. The summed E-state index contributed by atoms with van der Waals surface area (Å²) < 4.78 is 11.3. The van der Waals surface area contributed by atoms with Crippen LogP contribution in [0.25, 0.3) is 10.2 Å². The largest absolute Gasteiger partial charge is 0.506 e. The highest BCUT2D eigenvalue weighted by atomic mass is 32.2. The van der Waals surface area contributed by atoms with E-state index >= 15 is 0 Å². The number of nitrogens with one attached hydrogen (secondary N) is 2. The van der Waals surface area contributed by atoms with Gasteiger partial charge in [-0.2, -0.15) is 0 Å². The summed E-state index contributed by atoms with van der Waals surface area (Å²) in [6.45, 7) is 0.415. The summed E-state index contributed by atoms with van der Waals surface area (Å²) in [6.07, 6.45) is 0.599. The lowest BCUT2D eigenvalue weighted by atomic mass is 10.1. The maximum atomic E-state index is 12.3. The summed E-state index contributed by atoms with van der Waals surface area (Å²) in [5, 5.41) is 12.8. The molecule has 0 saturated carbocycles. The molecule has 0 aliphatic carbocycles. The van der Waals surface area contributed by atoms with Crippen LogP contribution in [0.1, 0.15) is 15.9 Å². The molecule has 3 rings (SSSR count). The zero-order valence-corrected chi connectivity index (χ0v) is 18.4. The SMILES string of the molecule is COc1ccc(CCNC(=O)CSc2sc3c(O)cc(=O)[nH]c3c2C(N)=O)cc1OC. The van der Waals surface area contributed by atoms with Gasteiger partial charge in [0.05, 0.1) is 40.0 Å². The molecule has 0 spiro atoms. The number of hydrogen-bond donors (Lipinski definition) is 4. The fourth-order valence-corrected chi connectivity index (χ4v) is 5.23. The normalized spacial score (nSPS) is 10.8. The number of rotatable bonds is 9. The number of amides is 2. The highest BCUT2D eigenvalue weighted by molar-refractivity contribution is 8.02. The van der Waals surface area contributed by atoms with E-state index in [1.54, 1.807) is 20.3 Å². The molecule has 0 aliphatic heterocycles. The summed E-state index contributed by atoms with van der Waals surface area (Å²) in [5.41, 5.74) is 6.16. The lowest BCUT2D eigenvalue weighted by molar-refractivity contribution is -0.118. The molecule has 11 heteroatoms. The number of benzene rings is 1. The average molecular weight is 464 g/mol. The van der Waals surface area contributed by atoms with Crippen molar-refractivity contribution >= 4 is 45.1 Å². The van der Waals surface area contributed by atoms with E-state index < -0.39 is 11.5 Å². The van der Waals surface area contributed by atoms with Crippen molar-refractivity contribution in [2.75, 3.05) is 26.5 Å². The van der Waals surface area contributed by atoms with Crippen LogP contribution in [0.15, 0.2) is 33.3 Å². The van der Waals surface area contributed by atoms with Gasteiger partial charge in [0, 0.05) is 12.6 Å². The number of thioether (sulfide) groups is 1. The van der Waals surface area contributed by atoms with Gasteiger partial charge in [-0.1, -0.05) is 6.07 Å². The Labute approximate surface area is 185 Å². The minimum absolute atomic E-state index is 0.0457. The maximum Gasteiger partial charge on any atom is 0.252 e. The molecule has 9 nitrogen and oxygen atoms in total. The number of aromatic hydroxyl groups is 1. The third-order valence-electron chi connectivity index (χ3n) is 4.39. The molecule has 0 atom stereocenters. The van der Waals surface area contributed by atoms with Crippen molar-refractivity contribution < 1.29 is 24.2 Å². The summed E-state index contributed by atoms with van der Waals surface area (Å²) >= 11 is 2.21. The van der Waals surface area contributed by atoms with Crippen molar-refractivity contribution in [2.45, 2.75) is 10.6 Å². The highest BCUT2D eigenvalue weighted by Crippen LogP contribution is 2.40. The lowest BCUT2D eigenvalue weighted by Crippen LogP contribution is -2.27. The van der Waals surface area contributed by atoms with Crippen molar-refractivity contribution in [1.82, 2.24) is 10.3 Å². The summed E-state index contributed by atoms with van der Waals surface area (Å²) in [5.74, 6) is 0.0845. The molecular weight excluding hydrogens is 442 g/mol. The van der Waals surface area contributed by atoms with Crippen molar-refractivity contribution in [2.24, 2.45) is 5.73 Å². The number of thiophene rings is 1. The van der Waals surface area contributed by atoms with Crippen LogP contribution in [0.3, 0.4) is 0 Å². The van der Waals surface area contributed by atoms with E-state index in [9.17, 15) is 19.5 Å². The number of hydrogen-bond acceptors (Lipinski definition) is 8. The fraction of sp³-hybridized carbons (Fsp3) is 0.250. The molecule has 2 amide bonds. The fourth-order valence-electron chi connectivity index (χ4n) is 2.95. The average Bonchev–Trinajstić information content (AvgIpc) is 3.11. The molecule has 0 unspecified atom stereocenters.